The molecule has 0 aliphatic carbocycles. The first-order chi connectivity index (χ1) is 13.6. The van der Waals surface area contributed by atoms with Gasteiger partial charge in [0, 0.05) is 25.7 Å². The molecule has 9 nitrogen and oxygen atoms in total. The Balaban J connectivity index is 0.000000382. The molecular weight excluding hydrogens is 426 g/mol. The first kappa shape index (κ1) is 26.1. The maximum Gasteiger partial charge on any atom is 0.297 e. The van der Waals surface area contributed by atoms with Gasteiger partial charge in [-0.3, -0.25) is 4.72 Å². The average molecular weight is 460 g/mol. The standard InChI is InChI=1S/C13H18N4O2S.C6H15NO2S/c1-10-9-13(3,12-7-5-4-6-8-12)17(15-10)11(2)16-20(14,18)19;1-6(2)5-7(3)10(4,8)9/h4-8,16H,2,9H2,1,3H3,(H2,14,18,19);6H,5H2,1-4H3. The second-order valence-electron chi connectivity index (χ2n) is 7.99. The van der Waals surface area contributed by atoms with E-state index in [4.69, 9.17) is 5.14 Å². The number of nitrogens with one attached hydrogen (secondary N) is 1. The summed E-state index contributed by atoms with van der Waals surface area (Å²) in [6.45, 7) is 12.2. The van der Waals surface area contributed by atoms with Crippen molar-refractivity contribution in [1.29, 1.82) is 0 Å². The highest BCUT2D eigenvalue weighted by atomic mass is 32.2. The Morgan fingerprint density at radius 2 is 1.83 bits per heavy atom. The highest BCUT2D eigenvalue weighted by Crippen LogP contribution is 2.38. The summed E-state index contributed by atoms with van der Waals surface area (Å²) in [6, 6.07) is 9.75. The fourth-order valence-electron chi connectivity index (χ4n) is 3.13. The molecule has 0 aromatic heterocycles. The largest absolute Gasteiger partial charge is 0.297 e. The van der Waals surface area contributed by atoms with Gasteiger partial charge in [-0.25, -0.2) is 22.9 Å². The van der Waals surface area contributed by atoms with E-state index in [1.807, 2.05) is 58.0 Å². The number of hydrogen-bond acceptors (Lipinski definition) is 6. The first-order valence-corrected chi connectivity index (χ1v) is 12.8. The number of hydrazone groups is 1. The number of hydrogen-bond donors (Lipinski definition) is 2. The predicted octanol–water partition coefficient (Wildman–Crippen LogP) is 1.78. The van der Waals surface area contributed by atoms with Crippen molar-refractivity contribution in [3.8, 4) is 0 Å². The Bertz CT molecular complexity index is 975. The molecule has 0 saturated carbocycles. The summed E-state index contributed by atoms with van der Waals surface area (Å²) in [7, 11) is -5.24. The third kappa shape index (κ3) is 7.71. The van der Waals surface area contributed by atoms with Crippen molar-refractivity contribution in [2.24, 2.45) is 16.2 Å². The molecule has 1 aromatic rings. The van der Waals surface area contributed by atoms with Gasteiger partial charge in [0.05, 0.1) is 11.8 Å². The SMILES string of the molecule is C=C(NS(N)(=O)=O)N1N=C(C)CC1(C)c1ccccc1.CC(C)CN(C)S(C)(=O)=O. The smallest absolute Gasteiger partial charge is 0.256 e. The molecule has 0 bridgehead atoms. The fourth-order valence-corrected chi connectivity index (χ4v) is 4.11. The van der Waals surface area contributed by atoms with Crippen LogP contribution in [0.3, 0.4) is 0 Å². The van der Waals surface area contributed by atoms with Crippen LogP contribution >= 0.6 is 0 Å². The maximum absolute atomic E-state index is 11.2. The van der Waals surface area contributed by atoms with Crippen molar-refractivity contribution in [2.75, 3.05) is 19.8 Å². The zero-order valence-electron chi connectivity index (χ0n) is 18.5. The Morgan fingerprint density at radius 3 is 2.23 bits per heavy atom. The molecule has 1 aromatic carbocycles. The number of benzene rings is 1. The van der Waals surface area contributed by atoms with Crippen molar-refractivity contribution in [3.05, 3.63) is 48.3 Å². The average Bonchev–Trinajstić information content (AvgIpc) is 2.89. The van der Waals surface area contributed by atoms with Gasteiger partial charge in [0.2, 0.25) is 10.0 Å². The first-order valence-electron chi connectivity index (χ1n) is 9.37. The van der Waals surface area contributed by atoms with E-state index < -0.39 is 25.8 Å². The van der Waals surface area contributed by atoms with Crippen molar-refractivity contribution < 1.29 is 16.8 Å². The van der Waals surface area contributed by atoms with Gasteiger partial charge >= 0.3 is 0 Å². The molecule has 0 saturated heterocycles. The summed E-state index contributed by atoms with van der Waals surface area (Å²) < 4.78 is 47.4. The molecule has 1 heterocycles. The van der Waals surface area contributed by atoms with Gasteiger partial charge < -0.3 is 0 Å². The third-order valence-corrected chi connectivity index (χ3v) is 6.24. The molecule has 0 fully saturated rings. The summed E-state index contributed by atoms with van der Waals surface area (Å²) in [5.41, 5.74) is 1.44. The molecule has 1 aliphatic rings. The normalized spacial score (nSPS) is 19.4. The molecule has 1 atom stereocenters. The van der Waals surface area contributed by atoms with E-state index in [1.165, 1.54) is 10.6 Å². The predicted molar refractivity (Wildman–Crippen MR) is 121 cm³/mol. The summed E-state index contributed by atoms with van der Waals surface area (Å²) in [4.78, 5) is 0. The molecule has 0 spiro atoms. The lowest BCUT2D eigenvalue weighted by Gasteiger charge is -2.35. The number of nitrogens with two attached hydrogens (primary N) is 1. The highest BCUT2D eigenvalue weighted by Gasteiger charge is 2.40. The molecule has 1 unspecified atom stereocenters. The van der Waals surface area contributed by atoms with E-state index in [0.29, 0.717) is 18.9 Å². The van der Waals surface area contributed by atoms with Gasteiger partial charge in [-0.1, -0.05) is 50.8 Å². The third-order valence-electron chi connectivity index (χ3n) is 4.44. The number of sulfonamides is 1. The number of rotatable bonds is 7. The molecule has 0 radical (unpaired) electrons. The van der Waals surface area contributed by atoms with Crippen LogP contribution in [-0.2, 0) is 25.8 Å². The van der Waals surface area contributed by atoms with E-state index in [0.717, 1.165) is 11.3 Å². The molecule has 3 N–H and O–H groups in total. The van der Waals surface area contributed by atoms with Crippen LogP contribution in [-0.4, -0.2) is 51.7 Å². The van der Waals surface area contributed by atoms with E-state index >= 15 is 0 Å². The van der Waals surface area contributed by atoms with Crippen molar-refractivity contribution >= 4 is 25.9 Å². The van der Waals surface area contributed by atoms with Crippen LogP contribution in [0.4, 0.5) is 0 Å². The minimum absolute atomic E-state index is 0.135. The Morgan fingerprint density at radius 1 is 1.30 bits per heavy atom. The minimum Gasteiger partial charge on any atom is -0.256 e. The fraction of sp³-hybridized carbons (Fsp3) is 0.526. The van der Waals surface area contributed by atoms with E-state index in [9.17, 15) is 16.8 Å². The zero-order valence-corrected chi connectivity index (χ0v) is 20.1. The lowest BCUT2D eigenvalue weighted by Crippen LogP contribution is -2.43. The van der Waals surface area contributed by atoms with Crippen LogP contribution in [0.15, 0.2) is 47.8 Å². The highest BCUT2D eigenvalue weighted by molar-refractivity contribution is 7.88. The lowest BCUT2D eigenvalue weighted by atomic mass is 9.87. The van der Waals surface area contributed by atoms with Crippen molar-refractivity contribution in [1.82, 2.24) is 14.0 Å². The molecule has 1 aliphatic heterocycles. The summed E-state index contributed by atoms with van der Waals surface area (Å²) in [5.74, 6) is 0.524. The summed E-state index contributed by atoms with van der Waals surface area (Å²) >= 11 is 0. The van der Waals surface area contributed by atoms with Gasteiger partial charge in [0.1, 0.15) is 5.82 Å². The van der Waals surface area contributed by atoms with Crippen LogP contribution in [0.5, 0.6) is 0 Å². The van der Waals surface area contributed by atoms with Gasteiger partial charge in [-0.05, 0) is 25.3 Å². The molecule has 30 heavy (non-hydrogen) atoms. The maximum atomic E-state index is 11.2. The van der Waals surface area contributed by atoms with Crippen LogP contribution in [0.25, 0.3) is 0 Å². The molecule has 11 heteroatoms. The molecule has 2 rings (SSSR count). The quantitative estimate of drug-likeness (QED) is 0.643. The van der Waals surface area contributed by atoms with Crippen LogP contribution in [0.2, 0.25) is 0 Å². The van der Waals surface area contributed by atoms with Gasteiger partial charge in [0.15, 0.2) is 0 Å². The van der Waals surface area contributed by atoms with Crippen LogP contribution in [0.1, 0.15) is 39.7 Å². The van der Waals surface area contributed by atoms with Gasteiger partial charge in [0.25, 0.3) is 10.2 Å². The van der Waals surface area contributed by atoms with Crippen molar-refractivity contribution in [2.45, 2.75) is 39.7 Å². The van der Waals surface area contributed by atoms with Gasteiger partial charge in [-0.15, -0.1) is 0 Å². The van der Waals surface area contributed by atoms with E-state index in [-0.39, 0.29) is 5.82 Å². The molecule has 0 amide bonds. The zero-order chi connectivity index (χ0) is 23.3. The molecule has 170 valence electrons. The second kappa shape index (κ2) is 9.90. The topological polar surface area (TPSA) is 125 Å². The number of nitrogens with zero attached hydrogens (tertiary/aromatic N) is 3. The van der Waals surface area contributed by atoms with Crippen LogP contribution < -0.4 is 9.86 Å². The monoisotopic (exact) mass is 459 g/mol. The molecular formula is C19H33N5O4S2. The van der Waals surface area contributed by atoms with E-state index in [1.54, 1.807) is 12.1 Å². The minimum atomic E-state index is -3.87. The Kier molecular flexibility index (Phi) is 8.61. The van der Waals surface area contributed by atoms with Crippen LogP contribution in [0, 0.1) is 5.92 Å². The lowest BCUT2D eigenvalue weighted by molar-refractivity contribution is 0.177. The van der Waals surface area contributed by atoms with E-state index in [2.05, 4.69) is 16.4 Å². The summed E-state index contributed by atoms with van der Waals surface area (Å²) in [6.07, 6.45) is 1.90. The summed E-state index contributed by atoms with van der Waals surface area (Å²) in [5, 5.41) is 10.9. The Hall–Kier alpha value is -1.95. The second-order valence-corrected chi connectivity index (χ2v) is 11.4. The Labute approximate surface area is 180 Å². The van der Waals surface area contributed by atoms with Crippen molar-refractivity contribution in [3.63, 3.8) is 0 Å². The van der Waals surface area contributed by atoms with Gasteiger partial charge in [-0.2, -0.15) is 13.5 Å².